The Bertz CT molecular complexity index is 605. The molecule has 1 aromatic rings. The minimum Gasteiger partial charge on any atom is -0.370 e. The lowest BCUT2D eigenvalue weighted by atomic mass is 9.97. The minimum absolute atomic E-state index is 0. The Balaban J connectivity index is 0.00000312. The lowest BCUT2D eigenvalue weighted by Crippen LogP contribution is -2.40. The van der Waals surface area contributed by atoms with E-state index in [0.717, 1.165) is 38.0 Å². The van der Waals surface area contributed by atoms with Crippen molar-refractivity contribution in [1.29, 1.82) is 0 Å². The number of hydrogen-bond acceptors (Lipinski definition) is 3. The van der Waals surface area contributed by atoms with Gasteiger partial charge in [0.05, 0.1) is 12.5 Å². The SMILES string of the molecule is C=CCNC(N)=NCc1cccc(CN2CCCC(C(N)=O)C2)c1.I. The summed E-state index contributed by atoms with van der Waals surface area (Å²) in [6, 6.07) is 8.30. The molecule has 0 aliphatic carbocycles. The second-order valence-electron chi connectivity index (χ2n) is 6.17. The molecule has 5 N–H and O–H groups in total. The molecule has 1 atom stereocenters. The maximum absolute atomic E-state index is 11.4. The van der Waals surface area contributed by atoms with E-state index in [2.05, 4.69) is 33.9 Å². The number of primary amides is 1. The molecule has 138 valence electrons. The van der Waals surface area contributed by atoms with Gasteiger partial charge in [-0.25, -0.2) is 4.99 Å². The van der Waals surface area contributed by atoms with Crippen LogP contribution in [0.1, 0.15) is 24.0 Å². The van der Waals surface area contributed by atoms with Gasteiger partial charge in [-0.15, -0.1) is 30.6 Å². The number of carbonyl (C=O) groups is 1. The highest BCUT2D eigenvalue weighted by molar-refractivity contribution is 14.0. The predicted octanol–water partition coefficient (Wildman–Crippen LogP) is 1.59. The number of nitrogens with zero attached hydrogens (tertiary/aromatic N) is 2. The number of halogens is 1. The number of carbonyl (C=O) groups excluding carboxylic acids is 1. The number of guanidine groups is 1. The summed E-state index contributed by atoms with van der Waals surface area (Å²) in [5.41, 5.74) is 13.5. The third kappa shape index (κ3) is 7.43. The van der Waals surface area contributed by atoms with E-state index in [4.69, 9.17) is 11.5 Å². The molecule has 0 spiro atoms. The van der Waals surface area contributed by atoms with Gasteiger partial charge in [-0.05, 0) is 30.5 Å². The first-order valence-corrected chi connectivity index (χ1v) is 8.32. The lowest BCUT2D eigenvalue weighted by Gasteiger charge is -2.31. The Kier molecular flexibility index (Phi) is 9.51. The molecule has 1 amide bonds. The van der Waals surface area contributed by atoms with E-state index >= 15 is 0 Å². The summed E-state index contributed by atoms with van der Waals surface area (Å²) in [5, 5.41) is 2.96. The number of benzene rings is 1. The number of likely N-dealkylation sites (tertiary alicyclic amines) is 1. The van der Waals surface area contributed by atoms with Crippen LogP contribution in [0, 0.1) is 5.92 Å². The van der Waals surface area contributed by atoms with Crippen LogP contribution >= 0.6 is 24.0 Å². The summed E-state index contributed by atoms with van der Waals surface area (Å²) in [6.07, 6.45) is 3.65. The van der Waals surface area contributed by atoms with Gasteiger partial charge in [0, 0.05) is 19.6 Å². The van der Waals surface area contributed by atoms with E-state index in [-0.39, 0.29) is 35.8 Å². The van der Waals surface area contributed by atoms with Crippen LogP contribution < -0.4 is 16.8 Å². The van der Waals surface area contributed by atoms with Crippen molar-refractivity contribution in [2.45, 2.75) is 25.9 Å². The van der Waals surface area contributed by atoms with Crippen LogP contribution in [-0.2, 0) is 17.9 Å². The van der Waals surface area contributed by atoms with Crippen LogP contribution in [0.5, 0.6) is 0 Å². The van der Waals surface area contributed by atoms with Gasteiger partial charge in [0.2, 0.25) is 5.91 Å². The van der Waals surface area contributed by atoms with Crippen molar-refractivity contribution in [1.82, 2.24) is 10.2 Å². The van der Waals surface area contributed by atoms with Crippen molar-refractivity contribution in [3.63, 3.8) is 0 Å². The van der Waals surface area contributed by atoms with Gasteiger partial charge in [0.25, 0.3) is 0 Å². The smallest absolute Gasteiger partial charge is 0.221 e. The van der Waals surface area contributed by atoms with Crippen LogP contribution in [0.4, 0.5) is 0 Å². The Labute approximate surface area is 166 Å². The first kappa shape index (κ1) is 21.4. The van der Waals surface area contributed by atoms with Crippen molar-refractivity contribution in [2.24, 2.45) is 22.4 Å². The fourth-order valence-corrected chi connectivity index (χ4v) is 2.93. The molecule has 1 saturated heterocycles. The highest BCUT2D eigenvalue weighted by Crippen LogP contribution is 2.18. The van der Waals surface area contributed by atoms with Gasteiger partial charge >= 0.3 is 0 Å². The third-order valence-electron chi connectivity index (χ3n) is 4.16. The number of amides is 1. The molecule has 25 heavy (non-hydrogen) atoms. The summed E-state index contributed by atoms with van der Waals surface area (Å²) in [4.78, 5) is 18.0. The molecule has 1 aliphatic rings. The van der Waals surface area contributed by atoms with Crippen LogP contribution in [0.15, 0.2) is 41.9 Å². The number of hydrogen-bond donors (Lipinski definition) is 3. The average Bonchev–Trinajstić information content (AvgIpc) is 2.58. The highest BCUT2D eigenvalue weighted by Gasteiger charge is 2.23. The number of nitrogens with two attached hydrogens (primary N) is 2. The molecule has 1 heterocycles. The fraction of sp³-hybridized carbons (Fsp3) is 0.444. The van der Waals surface area contributed by atoms with E-state index in [0.29, 0.717) is 19.0 Å². The molecule has 1 fully saturated rings. The summed E-state index contributed by atoms with van der Waals surface area (Å²) in [6.45, 7) is 7.34. The molecular weight excluding hydrogens is 429 g/mol. The summed E-state index contributed by atoms with van der Waals surface area (Å²) >= 11 is 0. The lowest BCUT2D eigenvalue weighted by molar-refractivity contribution is -0.123. The van der Waals surface area contributed by atoms with E-state index in [1.165, 1.54) is 5.56 Å². The minimum atomic E-state index is -0.190. The molecule has 0 aromatic heterocycles. The van der Waals surface area contributed by atoms with Gasteiger partial charge in [-0.1, -0.05) is 30.3 Å². The van der Waals surface area contributed by atoms with Crippen molar-refractivity contribution < 1.29 is 4.79 Å². The van der Waals surface area contributed by atoms with Crippen molar-refractivity contribution in [2.75, 3.05) is 19.6 Å². The molecule has 7 heteroatoms. The molecular formula is C18H28IN5O. The van der Waals surface area contributed by atoms with Gasteiger partial charge in [-0.3, -0.25) is 9.69 Å². The third-order valence-corrected chi connectivity index (χ3v) is 4.16. The Hall–Kier alpha value is -1.61. The number of nitrogens with one attached hydrogen (secondary N) is 1. The van der Waals surface area contributed by atoms with Gasteiger partial charge in [0.15, 0.2) is 5.96 Å². The predicted molar refractivity (Wildman–Crippen MR) is 113 cm³/mol. The van der Waals surface area contributed by atoms with Crippen molar-refractivity contribution in [3.05, 3.63) is 48.0 Å². The summed E-state index contributed by atoms with van der Waals surface area (Å²) in [7, 11) is 0. The zero-order valence-electron chi connectivity index (χ0n) is 14.5. The normalized spacial score (nSPS) is 18.2. The summed E-state index contributed by atoms with van der Waals surface area (Å²) in [5.74, 6) is 0.202. The highest BCUT2D eigenvalue weighted by atomic mass is 127. The molecule has 6 nitrogen and oxygen atoms in total. The Morgan fingerprint density at radius 1 is 1.40 bits per heavy atom. The first-order valence-electron chi connectivity index (χ1n) is 8.32. The molecule has 0 radical (unpaired) electrons. The monoisotopic (exact) mass is 457 g/mol. The van der Waals surface area contributed by atoms with E-state index < -0.39 is 0 Å². The van der Waals surface area contributed by atoms with E-state index in [1.54, 1.807) is 6.08 Å². The Morgan fingerprint density at radius 3 is 2.88 bits per heavy atom. The molecule has 1 unspecified atom stereocenters. The van der Waals surface area contributed by atoms with E-state index in [9.17, 15) is 4.79 Å². The second-order valence-corrected chi connectivity index (χ2v) is 6.17. The van der Waals surface area contributed by atoms with Crippen molar-refractivity contribution >= 4 is 35.8 Å². The van der Waals surface area contributed by atoms with Crippen LogP contribution in [0.2, 0.25) is 0 Å². The first-order chi connectivity index (χ1) is 11.6. The second kappa shape index (κ2) is 11.1. The zero-order valence-corrected chi connectivity index (χ0v) is 16.8. The van der Waals surface area contributed by atoms with Crippen LogP contribution in [0.3, 0.4) is 0 Å². The molecule has 1 aliphatic heterocycles. The quantitative estimate of drug-likeness (QED) is 0.251. The van der Waals surface area contributed by atoms with Crippen molar-refractivity contribution in [3.8, 4) is 0 Å². The largest absolute Gasteiger partial charge is 0.370 e. The Morgan fingerprint density at radius 2 is 2.16 bits per heavy atom. The topological polar surface area (TPSA) is 96.7 Å². The van der Waals surface area contributed by atoms with E-state index in [1.807, 2.05) is 12.1 Å². The molecule has 1 aromatic carbocycles. The van der Waals surface area contributed by atoms with Gasteiger partial charge in [-0.2, -0.15) is 0 Å². The number of piperidine rings is 1. The zero-order chi connectivity index (χ0) is 17.4. The molecule has 0 saturated carbocycles. The van der Waals surface area contributed by atoms with Gasteiger partial charge < -0.3 is 16.8 Å². The number of aliphatic imine (C=N–C) groups is 1. The maximum atomic E-state index is 11.4. The standard InChI is InChI=1S/C18H27N5O.HI/c1-2-8-21-18(20)22-11-14-5-3-6-15(10-14)12-23-9-4-7-16(13-23)17(19)24;/h2-3,5-6,10,16H,1,4,7-9,11-13H2,(H2,19,24)(H3,20,21,22);1H. The maximum Gasteiger partial charge on any atom is 0.221 e. The number of rotatable bonds is 7. The molecule has 0 bridgehead atoms. The van der Waals surface area contributed by atoms with Gasteiger partial charge in [0.1, 0.15) is 0 Å². The molecule has 2 rings (SSSR count). The average molecular weight is 457 g/mol. The summed E-state index contributed by atoms with van der Waals surface area (Å²) < 4.78 is 0. The van der Waals surface area contributed by atoms with Crippen LogP contribution in [0.25, 0.3) is 0 Å². The fourth-order valence-electron chi connectivity index (χ4n) is 2.93. The van der Waals surface area contributed by atoms with Crippen LogP contribution in [-0.4, -0.2) is 36.4 Å².